The van der Waals surface area contributed by atoms with Crippen LogP contribution < -0.4 is 5.32 Å². The van der Waals surface area contributed by atoms with Gasteiger partial charge in [-0.05, 0) is 24.9 Å². The molecule has 4 nitrogen and oxygen atoms in total. The largest absolute Gasteiger partial charge is 0.339 e. The molecule has 0 amide bonds. The highest BCUT2D eigenvalue weighted by atomic mass is 16.5. The van der Waals surface area contributed by atoms with Crippen LogP contribution in [0.4, 0.5) is 0 Å². The van der Waals surface area contributed by atoms with Gasteiger partial charge in [0, 0.05) is 12.5 Å². The molecule has 20 heavy (non-hydrogen) atoms. The number of nitrogens with one attached hydrogen (secondary N) is 1. The summed E-state index contributed by atoms with van der Waals surface area (Å²) in [6, 6.07) is 10.5. The van der Waals surface area contributed by atoms with Crippen LogP contribution in [0.25, 0.3) is 0 Å². The first-order valence-corrected chi connectivity index (χ1v) is 7.36. The van der Waals surface area contributed by atoms with Gasteiger partial charge in [0.1, 0.15) is 0 Å². The van der Waals surface area contributed by atoms with E-state index in [4.69, 9.17) is 4.52 Å². The topological polar surface area (TPSA) is 51.0 Å². The first-order valence-electron chi connectivity index (χ1n) is 7.36. The third-order valence-corrected chi connectivity index (χ3v) is 4.07. The number of nitrogens with zero attached hydrogens (tertiary/aromatic N) is 2. The lowest BCUT2D eigenvalue weighted by Crippen LogP contribution is -2.19. The van der Waals surface area contributed by atoms with Gasteiger partial charge >= 0.3 is 0 Å². The van der Waals surface area contributed by atoms with Crippen LogP contribution in [0.15, 0.2) is 34.9 Å². The van der Waals surface area contributed by atoms with E-state index in [0.29, 0.717) is 0 Å². The smallest absolute Gasteiger partial charge is 0.230 e. The van der Waals surface area contributed by atoms with Gasteiger partial charge in [0.2, 0.25) is 5.89 Å². The SMILES string of the molecule is CCNCC(C)c1nc(C2(c3ccccc3)CC2)no1. The Kier molecular flexibility index (Phi) is 3.57. The van der Waals surface area contributed by atoms with Gasteiger partial charge in [-0.25, -0.2) is 0 Å². The summed E-state index contributed by atoms with van der Waals surface area (Å²) in [6.45, 7) is 6.04. The Morgan fingerprint density at radius 2 is 2.05 bits per heavy atom. The first kappa shape index (κ1) is 13.3. The molecule has 4 heteroatoms. The summed E-state index contributed by atoms with van der Waals surface area (Å²) in [5.74, 6) is 1.84. The summed E-state index contributed by atoms with van der Waals surface area (Å²) in [7, 11) is 0. The van der Waals surface area contributed by atoms with Crippen molar-refractivity contribution >= 4 is 0 Å². The zero-order valence-corrected chi connectivity index (χ0v) is 12.1. The van der Waals surface area contributed by atoms with Crippen LogP contribution in [0.3, 0.4) is 0 Å². The third kappa shape index (κ3) is 2.36. The van der Waals surface area contributed by atoms with E-state index in [-0.39, 0.29) is 11.3 Å². The number of benzene rings is 1. The van der Waals surface area contributed by atoms with Crippen molar-refractivity contribution in [3.63, 3.8) is 0 Å². The van der Waals surface area contributed by atoms with Crippen molar-refractivity contribution < 1.29 is 4.52 Å². The summed E-state index contributed by atoms with van der Waals surface area (Å²) >= 11 is 0. The highest BCUT2D eigenvalue weighted by molar-refractivity contribution is 5.38. The lowest BCUT2D eigenvalue weighted by molar-refractivity contribution is 0.349. The van der Waals surface area contributed by atoms with Gasteiger partial charge in [-0.15, -0.1) is 0 Å². The van der Waals surface area contributed by atoms with Gasteiger partial charge in [0.25, 0.3) is 0 Å². The van der Waals surface area contributed by atoms with Crippen molar-refractivity contribution in [2.45, 2.75) is 38.0 Å². The summed E-state index contributed by atoms with van der Waals surface area (Å²) in [4.78, 5) is 4.66. The molecular formula is C16H21N3O. The summed E-state index contributed by atoms with van der Waals surface area (Å²) in [5, 5.41) is 7.56. The fourth-order valence-corrected chi connectivity index (χ4v) is 2.60. The molecular weight excluding hydrogens is 250 g/mol. The zero-order valence-electron chi connectivity index (χ0n) is 12.1. The van der Waals surface area contributed by atoms with E-state index in [9.17, 15) is 0 Å². The Morgan fingerprint density at radius 1 is 1.30 bits per heavy atom. The first-order chi connectivity index (χ1) is 9.76. The van der Waals surface area contributed by atoms with E-state index in [1.54, 1.807) is 0 Å². The molecule has 106 valence electrons. The molecule has 3 rings (SSSR count). The second-order valence-electron chi connectivity index (χ2n) is 5.61. The molecule has 0 aliphatic heterocycles. The van der Waals surface area contributed by atoms with Crippen molar-refractivity contribution in [3.05, 3.63) is 47.6 Å². The van der Waals surface area contributed by atoms with Crippen molar-refractivity contribution in [3.8, 4) is 0 Å². The van der Waals surface area contributed by atoms with Gasteiger partial charge in [-0.2, -0.15) is 4.98 Å². The fourth-order valence-electron chi connectivity index (χ4n) is 2.60. The second kappa shape index (κ2) is 5.37. The normalized spacial score (nSPS) is 17.9. The van der Waals surface area contributed by atoms with Crippen molar-refractivity contribution in [1.29, 1.82) is 0 Å². The number of likely N-dealkylation sites (N-methyl/N-ethyl adjacent to an activating group) is 1. The predicted molar refractivity (Wildman–Crippen MR) is 77.7 cm³/mol. The minimum atomic E-state index is 0.000908. The number of rotatable bonds is 6. The van der Waals surface area contributed by atoms with E-state index in [1.165, 1.54) is 5.56 Å². The average molecular weight is 271 g/mol. The van der Waals surface area contributed by atoms with Crippen molar-refractivity contribution in [1.82, 2.24) is 15.5 Å². The van der Waals surface area contributed by atoms with Crippen LogP contribution in [0.1, 0.15) is 49.9 Å². The molecule has 0 bridgehead atoms. The summed E-state index contributed by atoms with van der Waals surface area (Å²) in [6.07, 6.45) is 2.22. The fraction of sp³-hybridized carbons (Fsp3) is 0.500. The van der Waals surface area contributed by atoms with Gasteiger partial charge < -0.3 is 9.84 Å². The minimum Gasteiger partial charge on any atom is -0.339 e. The van der Waals surface area contributed by atoms with Crippen LogP contribution in [0.5, 0.6) is 0 Å². The van der Waals surface area contributed by atoms with Crippen LogP contribution in [-0.4, -0.2) is 23.2 Å². The van der Waals surface area contributed by atoms with Crippen LogP contribution in [0.2, 0.25) is 0 Å². The summed E-state index contributed by atoms with van der Waals surface area (Å²) < 4.78 is 5.47. The van der Waals surface area contributed by atoms with Crippen LogP contribution in [0, 0.1) is 0 Å². The molecule has 1 atom stereocenters. The molecule has 0 spiro atoms. The van der Waals surface area contributed by atoms with E-state index in [0.717, 1.165) is 37.6 Å². The molecule has 1 aliphatic rings. The molecule has 0 saturated heterocycles. The van der Waals surface area contributed by atoms with Crippen molar-refractivity contribution in [2.24, 2.45) is 0 Å². The second-order valence-corrected chi connectivity index (χ2v) is 5.61. The van der Waals surface area contributed by atoms with Gasteiger partial charge in [0.15, 0.2) is 5.82 Å². The van der Waals surface area contributed by atoms with Crippen LogP contribution in [-0.2, 0) is 5.41 Å². The monoisotopic (exact) mass is 271 g/mol. The molecule has 2 aromatic rings. The van der Waals surface area contributed by atoms with Crippen LogP contribution >= 0.6 is 0 Å². The number of hydrogen-bond acceptors (Lipinski definition) is 4. The van der Waals surface area contributed by atoms with Gasteiger partial charge in [0.05, 0.1) is 5.41 Å². The molecule has 0 radical (unpaired) electrons. The Labute approximate surface area is 119 Å². The maximum atomic E-state index is 5.47. The number of hydrogen-bond donors (Lipinski definition) is 1. The molecule has 1 aromatic heterocycles. The minimum absolute atomic E-state index is 0.000908. The Hall–Kier alpha value is -1.68. The standard InChI is InChI=1S/C16H21N3O/c1-3-17-11-12(2)14-18-15(19-20-14)16(9-10-16)13-7-5-4-6-8-13/h4-8,12,17H,3,9-11H2,1-2H3. The lowest BCUT2D eigenvalue weighted by atomic mass is 9.95. The molecule has 1 N–H and O–H groups in total. The molecule has 1 heterocycles. The number of aromatic nitrogens is 2. The Bertz CT molecular complexity index is 560. The average Bonchev–Trinajstić information content (AvgIpc) is 3.16. The van der Waals surface area contributed by atoms with E-state index >= 15 is 0 Å². The van der Waals surface area contributed by atoms with E-state index < -0.39 is 0 Å². The Balaban J connectivity index is 1.80. The maximum Gasteiger partial charge on any atom is 0.230 e. The third-order valence-electron chi connectivity index (χ3n) is 4.07. The highest BCUT2D eigenvalue weighted by Gasteiger charge is 2.50. The Morgan fingerprint density at radius 3 is 2.70 bits per heavy atom. The lowest BCUT2D eigenvalue weighted by Gasteiger charge is -2.10. The van der Waals surface area contributed by atoms with E-state index in [1.807, 2.05) is 6.07 Å². The summed E-state index contributed by atoms with van der Waals surface area (Å²) in [5.41, 5.74) is 1.30. The highest BCUT2D eigenvalue weighted by Crippen LogP contribution is 2.52. The quantitative estimate of drug-likeness (QED) is 0.877. The van der Waals surface area contributed by atoms with Crippen molar-refractivity contribution in [2.75, 3.05) is 13.1 Å². The van der Waals surface area contributed by atoms with E-state index in [2.05, 4.69) is 53.6 Å². The zero-order chi connectivity index (χ0) is 14.0. The molecule has 1 aromatic carbocycles. The molecule has 1 fully saturated rings. The molecule has 1 unspecified atom stereocenters. The predicted octanol–water partition coefficient (Wildman–Crippen LogP) is 2.86. The van der Waals surface area contributed by atoms with Gasteiger partial charge in [-0.1, -0.05) is 49.3 Å². The maximum absolute atomic E-state index is 5.47. The van der Waals surface area contributed by atoms with Gasteiger partial charge in [-0.3, -0.25) is 0 Å². The molecule has 1 aliphatic carbocycles. The molecule has 1 saturated carbocycles.